The first-order valence-electron chi connectivity index (χ1n) is 9.78. The lowest BCUT2D eigenvalue weighted by molar-refractivity contribution is -0.0698. The highest BCUT2D eigenvalue weighted by atomic mass is 19.3. The number of rotatable bonds is 8. The van der Waals surface area contributed by atoms with Crippen LogP contribution in [0.2, 0.25) is 0 Å². The van der Waals surface area contributed by atoms with Gasteiger partial charge < -0.3 is 14.6 Å². The van der Waals surface area contributed by atoms with E-state index < -0.39 is 12.0 Å². The zero-order valence-electron chi connectivity index (χ0n) is 15.9. The minimum Gasteiger partial charge on any atom is -0.491 e. The molecular weight excluding hydrogens is 354 g/mol. The third-order valence-corrected chi connectivity index (χ3v) is 5.36. The standard InChI is InChI=1S/C20H30F2N2O3/c1-2-26-11-12-27-17-5-3-16(4-6-17)13-23-14-18(19(25)15-23)24-9-7-20(21,22)8-10-24/h3-6,18-19,25H,2,7-15H2,1H3/t18-,19-/m0/s1. The maximum absolute atomic E-state index is 13.4. The zero-order valence-corrected chi connectivity index (χ0v) is 15.9. The van der Waals surface area contributed by atoms with Crippen molar-refractivity contribution < 1.29 is 23.4 Å². The second-order valence-electron chi connectivity index (χ2n) is 7.41. The number of hydrogen-bond acceptors (Lipinski definition) is 5. The van der Waals surface area contributed by atoms with Crippen molar-refractivity contribution in [2.24, 2.45) is 0 Å². The number of β-amino-alcohol motifs (C(OH)–C–C–N with tert-alkyl or cyclic N) is 1. The Hall–Kier alpha value is -1.28. The second kappa shape index (κ2) is 9.28. The largest absolute Gasteiger partial charge is 0.491 e. The average molecular weight is 384 g/mol. The van der Waals surface area contributed by atoms with Gasteiger partial charge in [-0.25, -0.2) is 8.78 Å². The maximum Gasteiger partial charge on any atom is 0.250 e. The van der Waals surface area contributed by atoms with Crippen molar-refractivity contribution in [3.63, 3.8) is 0 Å². The molecule has 0 spiro atoms. The number of hydrogen-bond donors (Lipinski definition) is 1. The van der Waals surface area contributed by atoms with E-state index in [0.29, 0.717) is 46.0 Å². The molecule has 0 radical (unpaired) electrons. The molecule has 7 heteroatoms. The summed E-state index contributed by atoms with van der Waals surface area (Å²) in [7, 11) is 0. The maximum atomic E-state index is 13.4. The quantitative estimate of drug-likeness (QED) is 0.698. The fourth-order valence-corrected chi connectivity index (χ4v) is 3.83. The predicted molar refractivity (Wildman–Crippen MR) is 99.3 cm³/mol. The fraction of sp³-hybridized carbons (Fsp3) is 0.700. The van der Waals surface area contributed by atoms with E-state index >= 15 is 0 Å². The van der Waals surface area contributed by atoms with Gasteiger partial charge in [-0.3, -0.25) is 9.80 Å². The normalized spacial score (nSPS) is 26.4. The lowest BCUT2D eigenvalue weighted by Crippen LogP contribution is -2.49. The van der Waals surface area contributed by atoms with Crippen LogP contribution in [-0.2, 0) is 11.3 Å². The van der Waals surface area contributed by atoms with Gasteiger partial charge in [-0.1, -0.05) is 12.1 Å². The Morgan fingerprint density at radius 3 is 2.48 bits per heavy atom. The summed E-state index contributed by atoms with van der Waals surface area (Å²) < 4.78 is 37.6. The van der Waals surface area contributed by atoms with Crippen molar-refractivity contribution in [1.29, 1.82) is 0 Å². The van der Waals surface area contributed by atoms with Crippen molar-refractivity contribution in [1.82, 2.24) is 9.80 Å². The van der Waals surface area contributed by atoms with E-state index in [0.717, 1.165) is 17.9 Å². The summed E-state index contributed by atoms with van der Waals surface area (Å²) in [4.78, 5) is 4.21. The first-order valence-corrected chi connectivity index (χ1v) is 9.78. The Morgan fingerprint density at radius 1 is 1.11 bits per heavy atom. The van der Waals surface area contributed by atoms with E-state index in [1.807, 2.05) is 36.1 Å². The molecule has 0 amide bonds. The van der Waals surface area contributed by atoms with Crippen LogP contribution >= 0.6 is 0 Å². The van der Waals surface area contributed by atoms with Crippen molar-refractivity contribution in [3.8, 4) is 5.75 Å². The van der Waals surface area contributed by atoms with E-state index in [1.54, 1.807) is 0 Å². The highest BCUT2D eigenvalue weighted by Gasteiger charge is 2.41. The molecule has 1 aromatic carbocycles. The summed E-state index contributed by atoms with van der Waals surface area (Å²) in [6, 6.07) is 7.88. The van der Waals surface area contributed by atoms with Crippen LogP contribution in [0.3, 0.4) is 0 Å². The molecule has 2 atom stereocenters. The smallest absolute Gasteiger partial charge is 0.250 e. The van der Waals surface area contributed by atoms with Crippen molar-refractivity contribution in [3.05, 3.63) is 29.8 Å². The Morgan fingerprint density at radius 2 is 1.81 bits per heavy atom. The monoisotopic (exact) mass is 384 g/mol. The molecule has 2 aliphatic rings. The van der Waals surface area contributed by atoms with Gasteiger partial charge in [0.15, 0.2) is 0 Å². The zero-order chi connectivity index (χ0) is 19.3. The van der Waals surface area contributed by atoms with Crippen molar-refractivity contribution in [2.45, 2.75) is 44.4 Å². The molecule has 2 saturated heterocycles. The number of ether oxygens (including phenoxy) is 2. The van der Waals surface area contributed by atoms with E-state index in [4.69, 9.17) is 9.47 Å². The van der Waals surface area contributed by atoms with Crippen molar-refractivity contribution >= 4 is 0 Å². The van der Waals surface area contributed by atoms with Gasteiger partial charge in [-0.05, 0) is 24.6 Å². The van der Waals surface area contributed by atoms with Crippen LogP contribution in [0.25, 0.3) is 0 Å². The van der Waals surface area contributed by atoms with E-state index in [-0.39, 0.29) is 18.9 Å². The topological polar surface area (TPSA) is 45.2 Å². The summed E-state index contributed by atoms with van der Waals surface area (Å²) in [5.74, 6) is -1.74. The van der Waals surface area contributed by atoms with Gasteiger partial charge in [0.05, 0.1) is 12.7 Å². The van der Waals surface area contributed by atoms with E-state index in [1.165, 1.54) is 0 Å². The van der Waals surface area contributed by atoms with Crippen molar-refractivity contribution in [2.75, 3.05) is 46.0 Å². The molecule has 2 fully saturated rings. The third-order valence-electron chi connectivity index (χ3n) is 5.36. The minimum atomic E-state index is -2.55. The number of likely N-dealkylation sites (tertiary alicyclic amines) is 2. The van der Waals surface area contributed by atoms with Crippen LogP contribution < -0.4 is 4.74 Å². The van der Waals surface area contributed by atoms with Gasteiger partial charge in [0.2, 0.25) is 0 Å². The van der Waals surface area contributed by atoms with Crippen LogP contribution in [0.15, 0.2) is 24.3 Å². The molecule has 0 saturated carbocycles. The van der Waals surface area contributed by atoms with Crippen LogP contribution in [0.4, 0.5) is 8.78 Å². The highest BCUT2D eigenvalue weighted by molar-refractivity contribution is 5.27. The number of alkyl halides is 2. The number of benzene rings is 1. The SMILES string of the molecule is CCOCCOc1ccc(CN2C[C@H](O)[C@@H](N3CCC(F)(F)CC3)C2)cc1. The summed E-state index contributed by atoms with van der Waals surface area (Å²) in [5, 5.41) is 10.4. The van der Waals surface area contributed by atoms with E-state index in [2.05, 4.69) is 4.90 Å². The Balaban J connectivity index is 1.46. The molecule has 2 aliphatic heterocycles. The third kappa shape index (κ3) is 5.85. The van der Waals surface area contributed by atoms with Gasteiger partial charge in [0.1, 0.15) is 12.4 Å². The summed E-state index contributed by atoms with van der Waals surface area (Å²) >= 11 is 0. The average Bonchev–Trinajstić information content (AvgIpc) is 3.00. The predicted octanol–water partition coefficient (Wildman–Crippen LogP) is 2.38. The number of halogens is 2. The van der Waals surface area contributed by atoms with Gasteiger partial charge >= 0.3 is 0 Å². The van der Waals surface area contributed by atoms with Crippen LogP contribution in [-0.4, -0.2) is 79.0 Å². The Kier molecular flexibility index (Phi) is 7.03. The lowest BCUT2D eigenvalue weighted by Gasteiger charge is -2.36. The lowest BCUT2D eigenvalue weighted by atomic mass is 10.0. The molecule has 0 aromatic heterocycles. The highest BCUT2D eigenvalue weighted by Crippen LogP contribution is 2.30. The number of nitrogens with zero attached hydrogens (tertiary/aromatic N) is 2. The Bertz CT molecular complexity index is 575. The molecular formula is C20H30F2N2O3. The number of aliphatic hydroxyl groups is 1. The molecule has 0 aliphatic carbocycles. The minimum absolute atomic E-state index is 0.0535. The van der Waals surface area contributed by atoms with Gasteiger partial charge in [0.25, 0.3) is 5.92 Å². The summed E-state index contributed by atoms with van der Waals surface area (Å²) in [6.45, 7) is 6.48. The molecule has 27 heavy (non-hydrogen) atoms. The van der Waals surface area contributed by atoms with Crippen LogP contribution in [0, 0.1) is 0 Å². The van der Waals surface area contributed by atoms with Gasteiger partial charge in [-0.2, -0.15) is 0 Å². The fourth-order valence-electron chi connectivity index (χ4n) is 3.83. The first kappa shape index (κ1) is 20.5. The molecule has 3 rings (SSSR count). The van der Waals surface area contributed by atoms with Gasteiger partial charge in [-0.15, -0.1) is 0 Å². The van der Waals surface area contributed by atoms with Gasteiger partial charge in [0, 0.05) is 58.2 Å². The van der Waals surface area contributed by atoms with E-state index in [9.17, 15) is 13.9 Å². The second-order valence-corrected chi connectivity index (χ2v) is 7.41. The number of aliphatic hydroxyl groups excluding tert-OH is 1. The molecule has 0 bridgehead atoms. The first-order chi connectivity index (χ1) is 13.0. The van der Waals surface area contributed by atoms with Crippen LogP contribution in [0.5, 0.6) is 5.75 Å². The molecule has 1 aromatic rings. The molecule has 5 nitrogen and oxygen atoms in total. The Labute approximate surface area is 159 Å². The molecule has 152 valence electrons. The molecule has 2 heterocycles. The molecule has 1 N–H and O–H groups in total. The molecule has 0 unspecified atom stereocenters. The number of piperidine rings is 1. The van der Waals surface area contributed by atoms with Crippen LogP contribution in [0.1, 0.15) is 25.3 Å². The summed E-state index contributed by atoms with van der Waals surface area (Å²) in [6.07, 6.45) is -0.708. The summed E-state index contributed by atoms with van der Waals surface area (Å²) in [5.41, 5.74) is 1.14.